The zero-order valence-corrected chi connectivity index (χ0v) is 5.66. The van der Waals surface area contributed by atoms with Gasteiger partial charge >= 0.3 is 0 Å². The van der Waals surface area contributed by atoms with Gasteiger partial charge in [-0.05, 0) is 12.8 Å². The summed E-state index contributed by atoms with van der Waals surface area (Å²) in [5, 5.41) is 0. The minimum Gasteiger partial charge on any atom is -0.207 e. The predicted molar refractivity (Wildman–Crippen MR) is 32.6 cm³/mol. The molecule has 0 N–H and O–H groups in total. The third-order valence-electron chi connectivity index (χ3n) is 2.12. The second-order valence-electron chi connectivity index (χ2n) is 2.91. The Labute approximate surface area is 54.3 Å². The van der Waals surface area contributed by atoms with Crippen LogP contribution in [0.3, 0.4) is 0 Å². The minimum absolute atomic E-state index is 0.105. The first-order chi connectivity index (χ1) is 4.13. The van der Waals surface area contributed by atoms with Gasteiger partial charge in [0.1, 0.15) is 0 Å². The van der Waals surface area contributed by atoms with Crippen LogP contribution in [0.15, 0.2) is 0 Å². The number of halogens is 2. The summed E-state index contributed by atoms with van der Waals surface area (Å²) in [5.74, 6) is -2.75. The summed E-state index contributed by atoms with van der Waals surface area (Å²) in [6, 6.07) is 0. The molecule has 0 aromatic heterocycles. The van der Waals surface area contributed by atoms with Gasteiger partial charge in [0.15, 0.2) is 0 Å². The van der Waals surface area contributed by atoms with Gasteiger partial charge in [0.2, 0.25) is 0 Å². The highest BCUT2D eigenvalue weighted by Gasteiger charge is 2.37. The van der Waals surface area contributed by atoms with Crippen molar-refractivity contribution in [3.63, 3.8) is 0 Å². The van der Waals surface area contributed by atoms with Crippen molar-refractivity contribution in [3.8, 4) is 0 Å². The Morgan fingerprint density at radius 3 is 2.33 bits per heavy atom. The highest BCUT2D eigenvalue weighted by molar-refractivity contribution is 4.77. The van der Waals surface area contributed by atoms with Crippen molar-refractivity contribution in [2.75, 3.05) is 0 Å². The molecule has 0 aliphatic heterocycles. The molecule has 0 bridgehead atoms. The Balaban J connectivity index is 2.49. The molecule has 54 valence electrons. The average Bonchev–Trinajstić information content (AvgIpc) is 1.77. The molecule has 1 rings (SSSR count). The maximum Gasteiger partial charge on any atom is 0.250 e. The van der Waals surface area contributed by atoms with Gasteiger partial charge in [-0.25, -0.2) is 8.78 Å². The standard InChI is InChI=1S/C7H12F2/c1-6-4-2-3-5-7(6,8)9/h6H,2-5H2,1H3. The maximum absolute atomic E-state index is 12.6. The van der Waals surface area contributed by atoms with Crippen LogP contribution in [-0.4, -0.2) is 5.92 Å². The van der Waals surface area contributed by atoms with E-state index in [2.05, 4.69) is 0 Å². The van der Waals surface area contributed by atoms with Crippen molar-refractivity contribution in [2.45, 2.75) is 38.5 Å². The van der Waals surface area contributed by atoms with Crippen molar-refractivity contribution in [3.05, 3.63) is 0 Å². The average molecular weight is 134 g/mol. The van der Waals surface area contributed by atoms with Crippen LogP contribution in [0.5, 0.6) is 0 Å². The van der Waals surface area contributed by atoms with Crippen molar-refractivity contribution < 1.29 is 8.78 Å². The van der Waals surface area contributed by atoms with Crippen LogP contribution in [0.25, 0.3) is 0 Å². The summed E-state index contributed by atoms with van der Waals surface area (Å²) in [6.45, 7) is 1.64. The van der Waals surface area contributed by atoms with E-state index in [0.717, 1.165) is 6.42 Å². The molecule has 1 aliphatic rings. The van der Waals surface area contributed by atoms with Gasteiger partial charge in [-0.3, -0.25) is 0 Å². The topological polar surface area (TPSA) is 0 Å². The summed E-state index contributed by atoms with van der Waals surface area (Å²) in [4.78, 5) is 0. The molecule has 2 heteroatoms. The smallest absolute Gasteiger partial charge is 0.207 e. The van der Waals surface area contributed by atoms with Gasteiger partial charge in [-0.1, -0.05) is 13.3 Å². The monoisotopic (exact) mass is 134 g/mol. The lowest BCUT2D eigenvalue weighted by Gasteiger charge is -2.27. The van der Waals surface area contributed by atoms with Gasteiger partial charge in [0.05, 0.1) is 0 Å². The normalized spacial score (nSPS) is 34.3. The van der Waals surface area contributed by atoms with E-state index in [1.807, 2.05) is 0 Å². The van der Waals surface area contributed by atoms with Crippen LogP contribution < -0.4 is 0 Å². The molecule has 0 nitrogen and oxygen atoms in total. The van der Waals surface area contributed by atoms with E-state index in [1.54, 1.807) is 6.92 Å². The van der Waals surface area contributed by atoms with E-state index < -0.39 is 5.92 Å². The van der Waals surface area contributed by atoms with Crippen LogP contribution in [0.1, 0.15) is 32.6 Å². The predicted octanol–water partition coefficient (Wildman–Crippen LogP) is 2.83. The Morgan fingerprint density at radius 1 is 1.33 bits per heavy atom. The number of hydrogen-bond donors (Lipinski definition) is 0. The number of hydrogen-bond acceptors (Lipinski definition) is 0. The van der Waals surface area contributed by atoms with Crippen LogP contribution in [0, 0.1) is 5.92 Å². The largest absolute Gasteiger partial charge is 0.250 e. The van der Waals surface area contributed by atoms with Crippen molar-refractivity contribution in [1.82, 2.24) is 0 Å². The Morgan fingerprint density at radius 2 is 2.00 bits per heavy atom. The minimum atomic E-state index is -2.36. The first-order valence-corrected chi connectivity index (χ1v) is 3.51. The zero-order valence-electron chi connectivity index (χ0n) is 5.66. The Kier molecular flexibility index (Phi) is 1.73. The quantitative estimate of drug-likeness (QED) is 0.478. The third kappa shape index (κ3) is 1.41. The fourth-order valence-corrected chi connectivity index (χ4v) is 1.27. The molecule has 0 radical (unpaired) electrons. The molecule has 1 unspecified atom stereocenters. The highest BCUT2D eigenvalue weighted by Crippen LogP contribution is 2.37. The molecule has 1 aliphatic carbocycles. The second-order valence-corrected chi connectivity index (χ2v) is 2.91. The van der Waals surface area contributed by atoms with E-state index >= 15 is 0 Å². The van der Waals surface area contributed by atoms with E-state index in [9.17, 15) is 8.78 Å². The molecular formula is C7H12F2. The molecule has 0 heterocycles. The summed E-state index contributed by atoms with van der Waals surface area (Å²) >= 11 is 0. The molecule has 1 atom stereocenters. The molecule has 0 aromatic rings. The fraction of sp³-hybridized carbons (Fsp3) is 1.00. The van der Waals surface area contributed by atoms with Crippen molar-refractivity contribution >= 4 is 0 Å². The van der Waals surface area contributed by atoms with Crippen molar-refractivity contribution in [1.29, 1.82) is 0 Å². The van der Waals surface area contributed by atoms with E-state index in [4.69, 9.17) is 0 Å². The lowest BCUT2D eigenvalue weighted by molar-refractivity contribution is -0.0783. The van der Waals surface area contributed by atoms with Gasteiger partial charge in [0.25, 0.3) is 5.92 Å². The van der Waals surface area contributed by atoms with E-state index in [-0.39, 0.29) is 12.3 Å². The first kappa shape index (κ1) is 6.97. The lowest BCUT2D eigenvalue weighted by Crippen LogP contribution is -2.29. The van der Waals surface area contributed by atoms with Crippen LogP contribution in [0.2, 0.25) is 0 Å². The maximum atomic E-state index is 12.6. The fourth-order valence-electron chi connectivity index (χ4n) is 1.27. The first-order valence-electron chi connectivity index (χ1n) is 3.51. The summed E-state index contributed by atoms with van der Waals surface area (Å²) < 4.78 is 25.2. The molecule has 0 spiro atoms. The molecule has 0 saturated heterocycles. The SMILES string of the molecule is CC1CCCCC1(F)F. The van der Waals surface area contributed by atoms with Crippen LogP contribution in [0.4, 0.5) is 8.78 Å². The van der Waals surface area contributed by atoms with Crippen LogP contribution in [-0.2, 0) is 0 Å². The highest BCUT2D eigenvalue weighted by atomic mass is 19.3. The lowest BCUT2D eigenvalue weighted by atomic mass is 9.87. The van der Waals surface area contributed by atoms with Gasteiger partial charge in [-0.15, -0.1) is 0 Å². The number of rotatable bonds is 0. The van der Waals surface area contributed by atoms with Gasteiger partial charge < -0.3 is 0 Å². The molecule has 1 fully saturated rings. The molecule has 0 amide bonds. The molecule has 9 heavy (non-hydrogen) atoms. The molecule has 0 aromatic carbocycles. The third-order valence-corrected chi connectivity index (χ3v) is 2.12. The summed E-state index contributed by atoms with van der Waals surface area (Å²) in [7, 11) is 0. The summed E-state index contributed by atoms with van der Waals surface area (Å²) in [6.07, 6.45) is 2.50. The van der Waals surface area contributed by atoms with Gasteiger partial charge in [-0.2, -0.15) is 0 Å². The van der Waals surface area contributed by atoms with Crippen molar-refractivity contribution in [2.24, 2.45) is 5.92 Å². The molecule has 1 saturated carbocycles. The van der Waals surface area contributed by atoms with E-state index in [1.165, 1.54) is 0 Å². The van der Waals surface area contributed by atoms with E-state index in [0.29, 0.717) is 12.8 Å². The zero-order chi connectivity index (χ0) is 6.91. The Bertz CT molecular complexity index is 99.1. The second kappa shape index (κ2) is 2.24. The Hall–Kier alpha value is -0.140. The molecular weight excluding hydrogens is 122 g/mol. The number of alkyl halides is 2. The van der Waals surface area contributed by atoms with Gasteiger partial charge in [0, 0.05) is 12.3 Å². The summed E-state index contributed by atoms with van der Waals surface area (Å²) in [5.41, 5.74) is 0. The van der Waals surface area contributed by atoms with Crippen LogP contribution >= 0.6 is 0 Å².